The van der Waals surface area contributed by atoms with Crippen LogP contribution in [0.2, 0.25) is 0 Å². The number of nitrogens with two attached hydrogens (primary N) is 1. The number of alkyl halides is 3. The van der Waals surface area contributed by atoms with E-state index in [9.17, 15) is 26.3 Å². The van der Waals surface area contributed by atoms with Crippen LogP contribution in [0.25, 0.3) is 0 Å². The van der Waals surface area contributed by atoms with Gasteiger partial charge >= 0.3 is 6.18 Å². The van der Waals surface area contributed by atoms with Crippen molar-refractivity contribution in [2.75, 3.05) is 5.73 Å². The van der Waals surface area contributed by atoms with E-state index in [1.807, 2.05) is 0 Å². The predicted molar refractivity (Wildman–Crippen MR) is 57.8 cm³/mol. The summed E-state index contributed by atoms with van der Waals surface area (Å²) in [6.45, 7) is 0. The largest absolute Gasteiger partial charge is 0.433 e. The molecule has 0 aliphatic rings. The van der Waals surface area contributed by atoms with Crippen LogP contribution in [0.15, 0.2) is 18.2 Å². The first-order valence-corrected chi connectivity index (χ1v) is 5.21. The van der Waals surface area contributed by atoms with Gasteiger partial charge in [0.2, 0.25) is 17.6 Å². The maximum absolute atomic E-state index is 13.3. The highest BCUT2D eigenvalue weighted by atomic mass is 19.4. The third-order valence-corrected chi connectivity index (χ3v) is 2.18. The Hall–Kier alpha value is -2.52. The SMILES string of the molecule is Nc1nc(Oc2c(F)cc(F)cc2F)cc(C(F)(F)F)n1. The summed E-state index contributed by atoms with van der Waals surface area (Å²) in [5.41, 5.74) is 3.61. The zero-order chi connectivity index (χ0) is 15.8. The molecule has 4 nitrogen and oxygen atoms in total. The van der Waals surface area contributed by atoms with Crippen LogP contribution in [-0.2, 0) is 6.18 Å². The van der Waals surface area contributed by atoms with Crippen LogP contribution in [0.5, 0.6) is 11.6 Å². The van der Waals surface area contributed by atoms with Crippen molar-refractivity contribution in [2.24, 2.45) is 0 Å². The standard InChI is InChI=1S/C11H5F6N3O/c12-4-1-5(13)9(6(14)2-4)21-8-3-7(11(15,16)17)19-10(18)20-8/h1-3H,(H2,18,19,20). The van der Waals surface area contributed by atoms with Crippen molar-refractivity contribution in [1.82, 2.24) is 9.97 Å². The zero-order valence-electron chi connectivity index (χ0n) is 9.88. The van der Waals surface area contributed by atoms with Crippen molar-refractivity contribution in [2.45, 2.75) is 6.18 Å². The lowest BCUT2D eigenvalue weighted by molar-refractivity contribution is -0.141. The molecule has 21 heavy (non-hydrogen) atoms. The van der Waals surface area contributed by atoms with E-state index in [0.717, 1.165) is 0 Å². The van der Waals surface area contributed by atoms with Crippen molar-refractivity contribution in [3.05, 3.63) is 41.3 Å². The van der Waals surface area contributed by atoms with Gasteiger partial charge in [0.25, 0.3) is 0 Å². The normalized spacial score (nSPS) is 11.5. The average Bonchev–Trinajstić information content (AvgIpc) is 2.32. The Kier molecular flexibility index (Phi) is 3.62. The fourth-order valence-corrected chi connectivity index (χ4v) is 1.37. The molecule has 0 saturated carbocycles. The topological polar surface area (TPSA) is 61.0 Å². The van der Waals surface area contributed by atoms with Crippen LogP contribution in [0.4, 0.5) is 32.3 Å². The zero-order valence-corrected chi connectivity index (χ0v) is 9.88. The minimum atomic E-state index is -4.85. The summed E-state index contributed by atoms with van der Waals surface area (Å²) >= 11 is 0. The fourth-order valence-electron chi connectivity index (χ4n) is 1.37. The Labute approximate surface area is 113 Å². The molecule has 0 saturated heterocycles. The summed E-state index contributed by atoms with van der Waals surface area (Å²) in [5, 5.41) is 0. The van der Waals surface area contributed by atoms with E-state index in [2.05, 4.69) is 14.7 Å². The van der Waals surface area contributed by atoms with Gasteiger partial charge in [-0.1, -0.05) is 0 Å². The lowest BCUT2D eigenvalue weighted by Crippen LogP contribution is -2.11. The molecule has 1 heterocycles. The fraction of sp³-hybridized carbons (Fsp3) is 0.0909. The molecule has 0 aliphatic heterocycles. The average molecular weight is 309 g/mol. The molecule has 0 unspecified atom stereocenters. The van der Waals surface area contributed by atoms with Gasteiger partial charge in [0.1, 0.15) is 5.82 Å². The first kappa shape index (κ1) is 14.9. The van der Waals surface area contributed by atoms with Gasteiger partial charge in [0.15, 0.2) is 17.3 Å². The smallest absolute Gasteiger partial charge is 0.433 e. The van der Waals surface area contributed by atoms with Gasteiger partial charge in [-0.15, -0.1) is 0 Å². The van der Waals surface area contributed by atoms with E-state index in [4.69, 9.17) is 5.73 Å². The molecule has 2 rings (SSSR count). The number of ether oxygens (including phenoxy) is 1. The lowest BCUT2D eigenvalue weighted by atomic mass is 10.3. The minimum Gasteiger partial charge on any atom is -0.433 e. The van der Waals surface area contributed by atoms with Crippen LogP contribution in [0.1, 0.15) is 5.69 Å². The van der Waals surface area contributed by atoms with E-state index in [1.165, 1.54) is 0 Å². The number of aromatic nitrogens is 2. The van der Waals surface area contributed by atoms with E-state index in [0.29, 0.717) is 18.2 Å². The number of hydrogen-bond acceptors (Lipinski definition) is 4. The molecule has 0 atom stereocenters. The van der Waals surface area contributed by atoms with E-state index >= 15 is 0 Å². The monoisotopic (exact) mass is 309 g/mol. The summed E-state index contributed by atoms with van der Waals surface area (Å²) < 4.78 is 81.4. The van der Waals surface area contributed by atoms with Gasteiger partial charge in [-0.2, -0.15) is 18.2 Å². The van der Waals surface area contributed by atoms with Gasteiger partial charge in [-0.3, -0.25) is 0 Å². The molecule has 2 N–H and O–H groups in total. The van der Waals surface area contributed by atoms with Gasteiger partial charge in [-0.25, -0.2) is 18.2 Å². The van der Waals surface area contributed by atoms with Crippen LogP contribution >= 0.6 is 0 Å². The Bertz CT molecular complexity index is 665. The summed E-state index contributed by atoms with van der Waals surface area (Å²) in [5.74, 6) is -6.85. The Balaban J connectivity index is 2.43. The first-order chi connectivity index (χ1) is 9.66. The molecule has 10 heteroatoms. The summed E-state index contributed by atoms with van der Waals surface area (Å²) in [7, 11) is 0. The number of nitrogens with zero attached hydrogens (tertiary/aromatic N) is 2. The highest BCUT2D eigenvalue weighted by Crippen LogP contribution is 2.32. The van der Waals surface area contributed by atoms with Crippen molar-refractivity contribution >= 4 is 5.95 Å². The number of anilines is 1. The van der Waals surface area contributed by atoms with Crippen molar-refractivity contribution in [3.8, 4) is 11.6 Å². The van der Waals surface area contributed by atoms with Gasteiger partial charge in [0.05, 0.1) is 0 Å². The molecule has 0 fully saturated rings. The summed E-state index contributed by atoms with van der Waals surface area (Å²) in [4.78, 5) is 6.18. The van der Waals surface area contributed by atoms with Crippen molar-refractivity contribution < 1.29 is 31.1 Å². The number of benzene rings is 1. The third-order valence-electron chi connectivity index (χ3n) is 2.18. The molecular formula is C11H5F6N3O. The predicted octanol–water partition coefficient (Wildman–Crippen LogP) is 3.29. The molecule has 112 valence electrons. The Morgan fingerprint density at radius 1 is 0.952 bits per heavy atom. The van der Waals surface area contributed by atoms with Crippen molar-refractivity contribution in [1.29, 1.82) is 0 Å². The molecule has 0 bridgehead atoms. The second kappa shape index (κ2) is 5.11. The van der Waals surface area contributed by atoms with Crippen molar-refractivity contribution in [3.63, 3.8) is 0 Å². The van der Waals surface area contributed by atoms with E-state index in [1.54, 1.807) is 0 Å². The minimum absolute atomic E-state index is 0.299. The second-order valence-corrected chi connectivity index (χ2v) is 3.75. The molecule has 0 radical (unpaired) electrons. The van der Waals surface area contributed by atoms with Gasteiger partial charge in [-0.05, 0) is 0 Å². The van der Waals surface area contributed by atoms with Gasteiger partial charge in [0, 0.05) is 18.2 Å². The second-order valence-electron chi connectivity index (χ2n) is 3.75. The Morgan fingerprint density at radius 3 is 2.05 bits per heavy atom. The van der Waals surface area contributed by atoms with Crippen LogP contribution in [-0.4, -0.2) is 9.97 Å². The molecule has 0 amide bonds. The highest BCUT2D eigenvalue weighted by molar-refractivity contribution is 5.34. The lowest BCUT2D eigenvalue weighted by Gasteiger charge is -2.10. The number of halogens is 6. The maximum Gasteiger partial charge on any atom is 0.433 e. The van der Waals surface area contributed by atoms with Crippen LogP contribution in [0.3, 0.4) is 0 Å². The number of hydrogen-bond donors (Lipinski definition) is 1. The number of rotatable bonds is 2. The van der Waals surface area contributed by atoms with E-state index in [-0.39, 0.29) is 0 Å². The third kappa shape index (κ3) is 3.33. The molecule has 0 aliphatic carbocycles. The van der Waals surface area contributed by atoms with Crippen LogP contribution in [0, 0.1) is 17.5 Å². The molecule has 2 aromatic rings. The summed E-state index contributed by atoms with van der Waals surface area (Å²) in [6.07, 6.45) is -4.85. The highest BCUT2D eigenvalue weighted by Gasteiger charge is 2.34. The number of nitrogen functional groups attached to an aromatic ring is 1. The quantitative estimate of drug-likeness (QED) is 0.865. The Morgan fingerprint density at radius 2 is 1.52 bits per heavy atom. The maximum atomic E-state index is 13.3. The molecule has 1 aromatic carbocycles. The molecule has 1 aromatic heterocycles. The van der Waals surface area contributed by atoms with E-state index < -0.39 is 46.9 Å². The molecular weight excluding hydrogens is 304 g/mol. The molecule has 0 spiro atoms. The first-order valence-electron chi connectivity index (χ1n) is 5.21. The van der Waals surface area contributed by atoms with Crippen LogP contribution < -0.4 is 10.5 Å². The summed E-state index contributed by atoms with van der Waals surface area (Å²) in [6, 6.07) is 0.903. The van der Waals surface area contributed by atoms with Gasteiger partial charge < -0.3 is 10.5 Å².